The Kier molecular flexibility index (Phi) is 4.71. The van der Waals surface area contributed by atoms with Gasteiger partial charge in [-0.05, 0) is 45.6 Å². The van der Waals surface area contributed by atoms with Crippen molar-refractivity contribution in [1.29, 1.82) is 0 Å². The first-order valence-corrected chi connectivity index (χ1v) is 8.84. The summed E-state index contributed by atoms with van der Waals surface area (Å²) in [5.41, 5.74) is -1.12. The van der Waals surface area contributed by atoms with E-state index in [1.807, 2.05) is 0 Å². The summed E-state index contributed by atoms with van der Waals surface area (Å²) in [5, 5.41) is 10.6. The molecule has 24 heavy (non-hydrogen) atoms. The number of allylic oxidation sites excluding steroid dienone is 1. The van der Waals surface area contributed by atoms with Crippen molar-refractivity contribution in [2.45, 2.75) is 57.8 Å². The summed E-state index contributed by atoms with van der Waals surface area (Å²) >= 11 is 0. The van der Waals surface area contributed by atoms with E-state index in [1.165, 1.54) is 6.92 Å². The van der Waals surface area contributed by atoms with Crippen LogP contribution in [0, 0.1) is 11.8 Å². The number of aliphatic hydroxyl groups is 1. The highest BCUT2D eigenvalue weighted by Crippen LogP contribution is 2.36. The Balaban J connectivity index is 1.89. The van der Waals surface area contributed by atoms with Crippen LogP contribution < -0.4 is 0 Å². The van der Waals surface area contributed by atoms with E-state index in [-0.39, 0.29) is 37.1 Å². The second-order valence-corrected chi connectivity index (χ2v) is 7.47. The zero-order valence-electron chi connectivity index (χ0n) is 14.7. The number of hydrogen-bond donors (Lipinski definition) is 1. The standard InChI is InChI=1S/C18H27NO5/c1-4-12-9-11(2)18(3,22)17(21)23-10-13-5-7-19-8-6-14(15(13)19)24-16(12)20/h4,11,13-15,22H,5-10H2,1-3H3/b12-4+/t11-,13-,14+,15+,18-/m0/s1. The third-order valence-electron chi connectivity index (χ3n) is 5.97. The van der Waals surface area contributed by atoms with Crippen LogP contribution in [-0.4, -0.2) is 59.4 Å². The van der Waals surface area contributed by atoms with E-state index in [1.54, 1.807) is 19.9 Å². The number of cyclic esters (lactones) is 1. The van der Waals surface area contributed by atoms with E-state index in [4.69, 9.17) is 9.47 Å². The fraction of sp³-hybridized carbons (Fsp3) is 0.778. The Hall–Kier alpha value is -1.40. The molecular formula is C18H27NO5. The highest BCUT2D eigenvalue weighted by Gasteiger charge is 2.48. The Morgan fingerprint density at radius 3 is 2.71 bits per heavy atom. The molecule has 6 heteroatoms. The van der Waals surface area contributed by atoms with Crippen molar-refractivity contribution in [1.82, 2.24) is 4.90 Å². The van der Waals surface area contributed by atoms with Gasteiger partial charge < -0.3 is 14.6 Å². The summed E-state index contributed by atoms with van der Waals surface area (Å²) in [6, 6.07) is 0.113. The van der Waals surface area contributed by atoms with Crippen LogP contribution >= 0.6 is 0 Å². The summed E-state index contributed by atoms with van der Waals surface area (Å²) in [7, 11) is 0. The van der Waals surface area contributed by atoms with Crippen LogP contribution in [-0.2, 0) is 19.1 Å². The van der Waals surface area contributed by atoms with Gasteiger partial charge in [0.05, 0.1) is 12.6 Å². The predicted octanol–water partition coefficient (Wildman–Crippen LogP) is 1.27. The van der Waals surface area contributed by atoms with Gasteiger partial charge in [0.1, 0.15) is 6.10 Å². The Morgan fingerprint density at radius 1 is 1.29 bits per heavy atom. The van der Waals surface area contributed by atoms with Gasteiger partial charge in [0.2, 0.25) is 0 Å². The molecule has 0 aromatic carbocycles. The smallest absolute Gasteiger partial charge is 0.338 e. The van der Waals surface area contributed by atoms with Crippen molar-refractivity contribution >= 4 is 11.9 Å². The van der Waals surface area contributed by atoms with Gasteiger partial charge >= 0.3 is 11.9 Å². The number of ether oxygens (including phenoxy) is 2. The summed E-state index contributed by atoms with van der Waals surface area (Å²) in [6.07, 6.45) is 3.59. The molecule has 3 aliphatic rings. The van der Waals surface area contributed by atoms with Crippen LogP contribution in [0.15, 0.2) is 11.6 Å². The van der Waals surface area contributed by atoms with Crippen LogP contribution in [0.4, 0.5) is 0 Å². The number of rotatable bonds is 0. The predicted molar refractivity (Wildman–Crippen MR) is 87.1 cm³/mol. The van der Waals surface area contributed by atoms with Gasteiger partial charge in [-0.25, -0.2) is 9.59 Å². The minimum Gasteiger partial charge on any atom is -0.463 e. The molecular weight excluding hydrogens is 310 g/mol. The van der Waals surface area contributed by atoms with Crippen LogP contribution in [0.5, 0.6) is 0 Å². The molecule has 1 N–H and O–H groups in total. The fourth-order valence-electron chi connectivity index (χ4n) is 4.11. The third kappa shape index (κ3) is 2.97. The summed E-state index contributed by atoms with van der Waals surface area (Å²) in [6.45, 7) is 7.11. The van der Waals surface area contributed by atoms with Crippen LogP contribution in [0.3, 0.4) is 0 Å². The molecule has 5 atom stereocenters. The lowest BCUT2D eigenvalue weighted by Crippen LogP contribution is -2.46. The number of carbonyl (C=O) groups excluding carboxylic acids is 2. The minimum atomic E-state index is -1.62. The lowest BCUT2D eigenvalue weighted by Gasteiger charge is -2.32. The van der Waals surface area contributed by atoms with Crippen LogP contribution in [0.2, 0.25) is 0 Å². The van der Waals surface area contributed by atoms with E-state index in [2.05, 4.69) is 4.90 Å². The van der Waals surface area contributed by atoms with Gasteiger partial charge in [0, 0.05) is 18.0 Å². The van der Waals surface area contributed by atoms with Crippen molar-refractivity contribution in [2.75, 3.05) is 19.7 Å². The molecule has 0 unspecified atom stereocenters. The molecule has 0 aromatic heterocycles. The first-order chi connectivity index (χ1) is 11.3. The third-order valence-corrected chi connectivity index (χ3v) is 5.97. The molecule has 3 heterocycles. The number of carbonyl (C=O) groups is 2. The highest BCUT2D eigenvalue weighted by atomic mass is 16.6. The lowest BCUT2D eigenvalue weighted by molar-refractivity contribution is -0.172. The lowest BCUT2D eigenvalue weighted by atomic mass is 9.85. The molecule has 0 saturated carbocycles. The van der Waals surface area contributed by atoms with Gasteiger partial charge in [-0.2, -0.15) is 0 Å². The number of nitrogens with zero attached hydrogens (tertiary/aromatic N) is 1. The first kappa shape index (κ1) is 17.4. The van der Waals surface area contributed by atoms with Crippen molar-refractivity contribution in [3.05, 3.63) is 11.6 Å². The molecule has 3 rings (SSSR count). The van der Waals surface area contributed by atoms with Gasteiger partial charge in [0.15, 0.2) is 5.60 Å². The Morgan fingerprint density at radius 2 is 2.00 bits per heavy atom. The van der Waals surface area contributed by atoms with E-state index < -0.39 is 17.5 Å². The van der Waals surface area contributed by atoms with Gasteiger partial charge in [-0.15, -0.1) is 0 Å². The molecule has 0 bridgehead atoms. The minimum absolute atomic E-state index is 0.113. The summed E-state index contributed by atoms with van der Waals surface area (Å²) < 4.78 is 11.3. The van der Waals surface area contributed by atoms with Gasteiger partial charge in [-0.3, -0.25) is 4.90 Å². The monoisotopic (exact) mass is 337 g/mol. The molecule has 0 radical (unpaired) electrons. The fourth-order valence-corrected chi connectivity index (χ4v) is 4.11. The van der Waals surface area contributed by atoms with Gasteiger partial charge in [-0.1, -0.05) is 13.0 Å². The average Bonchev–Trinajstić information content (AvgIpc) is 3.12. The van der Waals surface area contributed by atoms with E-state index in [0.29, 0.717) is 5.57 Å². The number of esters is 2. The zero-order chi connectivity index (χ0) is 17.5. The Bertz CT molecular complexity index is 556. The van der Waals surface area contributed by atoms with Crippen LogP contribution in [0.1, 0.15) is 40.0 Å². The van der Waals surface area contributed by atoms with Crippen molar-refractivity contribution in [3.8, 4) is 0 Å². The maximum Gasteiger partial charge on any atom is 0.338 e. The molecule has 0 spiro atoms. The second-order valence-electron chi connectivity index (χ2n) is 7.47. The average molecular weight is 337 g/mol. The molecule has 3 saturated heterocycles. The Labute approximate surface area is 142 Å². The topological polar surface area (TPSA) is 76.1 Å². The largest absolute Gasteiger partial charge is 0.463 e. The first-order valence-electron chi connectivity index (χ1n) is 8.84. The van der Waals surface area contributed by atoms with Crippen LogP contribution in [0.25, 0.3) is 0 Å². The van der Waals surface area contributed by atoms with E-state index in [9.17, 15) is 14.7 Å². The summed E-state index contributed by atoms with van der Waals surface area (Å²) in [5.74, 6) is -1.23. The van der Waals surface area contributed by atoms with E-state index >= 15 is 0 Å². The zero-order valence-corrected chi connectivity index (χ0v) is 14.7. The molecule has 3 fully saturated rings. The molecule has 3 aliphatic heterocycles. The molecule has 6 nitrogen and oxygen atoms in total. The second kappa shape index (κ2) is 6.48. The highest BCUT2D eigenvalue weighted by molar-refractivity contribution is 5.89. The van der Waals surface area contributed by atoms with Crippen molar-refractivity contribution in [2.24, 2.45) is 11.8 Å². The van der Waals surface area contributed by atoms with Crippen molar-refractivity contribution < 1.29 is 24.2 Å². The van der Waals surface area contributed by atoms with Gasteiger partial charge in [0.25, 0.3) is 0 Å². The molecule has 0 amide bonds. The van der Waals surface area contributed by atoms with Crippen molar-refractivity contribution in [3.63, 3.8) is 0 Å². The van der Waals surface area contributed by atoms with E-state index in [0.717, 1.165) is 25.9 Å². The quantitative estimate of drug-likeness (QED) is 0.530. The SMILES string of the molecule is C/C=C1\C[C@H](C)[C@](C)(O)C(=O)OC[C@@H]2CCN3CC[C@@H](OC1=O)[C@@H]23. The summed E-state index contributed by atoms with van der Waals surface area (Å²) in [4.78, 5) is 27.3. The maximum absolute atomic E-state index is 12.6. The molecule has 0 aromatic rings. The molecule has 0 aliphatic carbocycles. The number of hydrogen-bond acceptors (Lipinski definition) is 6. The normalized spacial score (nSPS) is 42.9. The molecule has 134 valence electrons. The maximum atomic E-state index is 12.6.